The molecule has 1 heterocycles. The molecule has 0 saturated heterocycles. The van der Waals surface area contributed by atoms with Crippen LogP contribution < -0.4 is 0 Å². The van der Waals surface area contributed by atoms with Crippen LogP contribution in [0.3, 0.4) is 0 Å². The molecule has 18 heavy (non-hydrogen) atoms. The summed E-state index contributed by atoms with van der Waals surface area (Å²) in [5, 5.41) is 14.1. The molecular weight excluding hydrogens is 231 g/mol. The van der Waals surface area contributed by atoms with Crippen LogP contribution in [0.25, 0.3) is 5.69 Å². The van der Waals surface area contributed by atoms with Crippen molar-refractivity contribution in [3.63, 3.8) is 0 Å². The molecule has 0 radical (unpaired) electrons. The highest BCUT2D eigenvalue weighted by atomic mass is 19.1. The van der Waals surface area contributed by atoms with Crippen LogP contribution >= 0.6 is 0 Å². The molecule has 1 aromatic heterocycles. The molecule has 94 valence electrons. The summed E-state index contributed by atoms with van der Waals surface area (Å²) < 4.78 is 15.5. The number of aromatic nitrogens is 2. The Morgan fingerprint density at radius 3 is 2.83 bits per heavy atom. The topological polar surface area (TPSA) is 38.0 Å². The predicted octanol–water partition coefficient (Wildman–Crippen LogP) is 2.94. The minimum Gasteiger partial charge on any atom is -0.389 e. The molecule has 1 aromatic carbocycles. The minimum atomic E-state index is -0.718. The molecule has 2 aromatic rings. The summed E-state index contributed by atoms with van der Waals surface area (Å²) in [5.74, 6) is 0.173. The van der Waals surface area contributed by atoms with E-state index in [1.54, 1.807) is 25.3 Å². The van der Waals surface area contributed by atoms with Gasteiger partial charge in [0.25, 0.3) is 0 Å². The third-order valence-corrected chi connectivity index (χ3v) is 3.30. The van der Waals surface area contributed by atoms with E-state index in [1.165, 1.54) is 10.7 Å². The summed E-state index contributed by atoms with van der Waals surface area (Å²) >= 11 is 0. The summed E-state index contributed by atoms with van der Waals surface area (Å²) in [6, 6.07) is 6.64. The highest BCUT2D eigenvalue weighted by Gasteiger charge is 2.26. The lowest BCUT2D eigenvalue weighted by atomic mass is 10.1. The van der Waals surface area contributed by atoms with Gasteiger partial charge in [0.15, 0.2) is 0 Å². The number of rotatable bonds is 3. The lowest BCUT2D eigenvalue weighted by Crippen LogP contribution is -2.06. The van der Waals surface area contributed by atoms with Crippen molar-refractivity contribution in [3.05, 3.63) is 47.5 Å². The molecule has 0 unspecified atom stereocenters. The lowest BCUT2D eigenvalue weighted by Gasteiger charge is -2.12. The maximum Gasteiger partial charge on any atom is 0.149 e. The van der Waals surface area contributed by atoms with Gasteiger partial charge in [0, 0.05) is 17.7 Å². The van der Waals surface area contributed by atoms with E-state index in [2.05, 4.69) is 5.10 Å². The molecule has 1 atom stereocenters. The van der Waals surface area contributed by atoms with Crippen LogP contribution in [-0.2, 0) is 0 Å². The fourth-order valence-electron chi connectivity index (χ4n) is 2.17. The van der Waals surface area contributed by atoms with Crippen LogP contribution in [0, 0.1) is 5.82 Å². The molecule has 1 fully saturated rings. The number of nitrogens with zero attached hydrogens (tertiary/aromatic N) is 2. The third kappa shape index (κ3) is 1.93. The first-order valence-corrected chi connectivity index (χ1v) is 6.19. The number of para-hydroxylation sites is 1. The van der Waals surface area contributed by atoms with E-state index in [4.69, 9.17) is 0 Å². The first-order chi connectivity index (χ1) is 8.66. The number of hydrogen-bond donors (Lipinski definition) is 1. The Labute approximate surface area is 105 Å². The average molecular weight is 246 g/mol. The van der Waals surface area contributed by atoms with Gasteiger partial charge in [-0.25, -0.2) is 9.07 Å². The summed E-state index contributed by atoms with van der Waals surface area (Å²) in [5.41, 5.74) is 1.91. The zero-order valence-electron chi connectivity index (χ0n) is 10.2. The van der Waals surface area contributed by atoms with Crippen LogP contribution in [0.15, 0.2) is 30.5 Å². The molecule has 0 spiro atoms. The van der Waals surface area contributed by atoms with Crippen LogP contribution in [0.5, 0.6) is 0 Å². The van der Waals surface area contributed by atoms with E-state index >= 15 is 0 Å². The van der Waals surface area contributed by atoms with Crippen LogP contribution in [0.2, 0.25) is 0 Å². The van der Waals surface area contributed by atoms with Gasteiger partial charge in [-0.2, -0.15) is 5.10 Å². The summed E-state index contributed by atoms with van der Waals surface area (Å²) in [7, 11) is 0. The van der Waals surface area contributed by atoms with Crippen molar-refractivity contribution in [2.75, 3.05) is 0 Å². The normalized spacial score (nSPS) is 16.8. The van der Waals surface area contributed by atoms with Crippen molar-refractivity contribution >= 4 is 0 Å². The predicted molar refractivity (Wildman–Crippen MR) is 66.1 cm³/mol. The monoisotopic (exact) mass is 246 g/mol. The Balaban J connectivity index is 2.08. The van der Waals surface area contributed by atoms with E-state index in [0.29, 0.717) is 17.2 Å². The second-order valence-corrected chi connectivity index (χ2v) is 4.81. The molecule has 0 amide bonds. The quantitative estimate of drug-likeness (QED) is 0.904. The Bertz CT molecular complexity index is 573. The van der Waals surface area contributed by atoms with Crippen molar-refractivity contribution in [2.45, 2.75) is 31.8 Å². The van der Waals surface area contributed by atoms with Gasteiger partial charge in [0.2, 0.25) is 0 Å². The molecular formula is C14H15FN2O. The van der Waals surface area contributed by atoms with E-state index in [1.807, 2.05) is 6.07 Å². The fourth-order valence-corrected chi connectivity index (χ4v) is 2.17. The van der Waals surface area contributed by atoms with Gasteiger partial charge in [-0.1, -0.05) is 12.1 Å². The number of aliphatic hydroxyl groups is 1. The van der Waals surface area contributed by atoms with Crippen molar-refractivity contribution < 1.29 is 9.50 Å². The van der Waals surface area contributed by atoms with Gasteiger partial charge in [-0.05, 0) is 31.9 Å². The van der Waals surface area contributed by atoms with Crippen molar-refractivity contribution in [1.82, 2.24) is 9.78 Å². The Hall–Kier alpha value is -1.68. The van der Waals surface area contributed by atoms with Crippen LogP contribution in [0.4, 0.5) is 4.39 Å². The van der Waals surface area contributed by atoms with E-state index in [9.17, 15) is 9.50 Å². The molecule has 1 aliphatic carbocycles. The van der Waals surface area contributed by atoms with Gasteiger partial charge in [-0.3, -0.25) is 0 Å². The number of hydrogen-bond acceptors (Lipinski definition) is 2. The van der Waals surface area contributed by atoms with Gasteiger partial charge < -0.3 is 5.11 Å². The van der Waals surface area contributed by atoms with Crippen molar-refractivity contribution in [1.29, 1.82) is 0 Å². The summed E-state index contributed by atoms with van der Waals surface area (Å²) in [4.78, 5) is 0. The molecule has 3 rings (SSSR count). The second-order valence-electron chi connectivity index (χ2n) is 4.81. The molecule has 0 aliphatic heterocycles. The molecule has 1 aliphatic rings. The Kier molecular flexibility index (Phi) is 2.67. The summed E-state index contributed by atoms with van der Waals surface area (Å²) in [6.07, 6.45) is 3.37. The van der Waals surface area contributed by atoms with Crippen LogP contribution in [0.1, 0.15) is 43.0 Å². The molecule has 1 saturated carbocycles. The SMILES string of the molecule is C[C@H](O)c1cccc(F)c1-n1ccc(C2CC2)n1. The first-order valence-electron chi connectivity index (χ1n) is 6.19. The van der Waals surface area contributed by atoms with Gasteiger partial charge in [-0.15, -0.1) is 0 Å². The Morgan fingerprint density at radius 1 is 1.39 bits per heavy atom. The summed E-state index contributed by atoms with van der Waals surface area (Å²) in [6.45, 7) is 1.63. The maximum atomic E-state index is 14.0. The van der Waals surface area contributed by atoms with Gasteiger partial charge in [0.1, 0.15) is 11.5 Å². The molecule has 3 nitrogen and oxygen atoms in total. The third-order valence-electron chi connectivity index (χ3n) is 3.30. The largest absolute Gasteiger partial charge is 0.389 e. The smallest absolute Gasteiger partial charge is 0.149 e. The number of aliphatic hydroxyl groups excluding tert-OH is 1. The maximum absolute atomic E-state index is 14.0. The molecule has 4 heteroatoms. The lowest BCUT2D eigenvalue weighted by molar-refractivity contribution is 0.198. The molecule has 0 bridgehead atoms. The second kappa shape index (κ2) is 4.21. The fraction of sp³-hybridized carbons (Fsp3) is 0.357. The van der Waals surface area contributed by atoms with E-state index in [-0.39, 0.29) is 5.82 Å². The zero-order chi connectivity index (χ0) is 12.7. The highest BCUT2D eigenvalue weighted by Crippen LogP contribution is 2.39. The van der Waals surface area contributed by atoms with Crippen LogP contribution in [-0.4, -0.2) is 14.9 Å². The minimum absolute atomic E-state index is 0.347. The van der Waals surface area contributed by atoms with Gasteiger partial charge >= 0.3 is 0 Å². The van der Waals surface area contributed by atoms with E-state index < -0.39 is 6.10 Å². The highest BCUT2D eigenvalue weighted by molar-refractivity contribution is 5.43. The van der Waals surface area contributed by atoms with Crippen molar-refractivity contribution in [3.8, 4) is 5.69 Å². The Morgan fingerprint density at radius 2 is 2.17 bits per heavy atom. The zero-order valence-corrected chi connectivity index (χ0v) is 10.2. The van der Waals surface area contributed by atoms with E-state index in [0.717, 1.165) is 18.5 Å². The molecule has 1 N–H and O–H groups in total. The van der Waals surface area contributed by atoms with Gasteiger partial charge in [0.05, 0.1) is 11.8 Å². The number of halogens is 1. The standard InChI is InChI=1S/C14H15FN2O/c1-9(18)11-3-2-4-12(15)14(11)17-8-7-13(16-17)10-5-6-10/h2-4,7-10,18H,5-6H2,1H3/t9-/m0/s1. The average Bonchev–Trinajstić information content (AvgIpc) is 3.08. The number of benzene rings is 1. The van der Waals surface area contributed by atoms with Crippen molar-refractivity contribution in [2.24, 2.45) is 0 Å². The first kappa shape index (κ1) is 11.4.